The Kier molecular flexibility index (Phi) is 13.2. The van der Waals surface area contributed by atoms with Gasteiger partial charge < -0.3 is 33.1 Å². The zero-order chi connectivity index (χ0) is 49.2. The number of pyridine rings is 2. The molecule has 0 bridgehead atoms. The Morgan fingerprint density at radius 1 is 0.583 bits per heavy atom. The molecule has 6 aromatic carbocycles. The number of hydrogen-bond donors (Lipinski definition) is 0. The Morgan fingerprint density at radius 2 is 1.25 bits per heavy atom. The average molecular weight is 1120 g/mol. The van der Waals surface area contributed by atoms with Gasteiger partial charge in [0.1, 0.15) is 5.82 Å². The molecular weight excluding hydrogens is 1070 g/mol. The van der Waals surface area contributed by atoms with Crippen LogP contribution in [0.1, 0.15) is 79.0 Å². The molecular formula is C60H57B3N5O3Pt-3. The quantitative estimate of drug-likeness (QED) is 0.111. The van der Waals surface area contributed by atoms with E-state index in [2.05, 4.69) is 241 Å². The van der Waals surface area contributed by atoms with E-state index in [9.17, 15) is 0 Å². The fraction of sp³-hybridized carbons (Fsp3) is 0.217. The molecule has 2 aliphatic rings. The number of fused-ring (bicyclic) bond motifs is 4. The van der Waals surface area contributed by atoms with Gasteiger partial charge in [0.25, 0.3) is 0 Å². The van der Waals surface area contributed by atoms with Crippen molar-refractivity contribution in [3.8, 4) is 28.1 Å². The molecule has 0 aliphatic carbocycles. The maximum absolute atomic E-state index is 6.82. The van der Waals surface area contributed by atoms with Crippen molar-refractivity contribution in [3.05, 3.63) is 200 Å². The fourth-order valence-corrected chi connectivity index (χ4v) is 9.74. The summed E-state index contributed by atoms with van der Waals surface area (Å²) in [5.41, 5.74) is 14.4. The van der Waals surface area contributed by atoms with Crippen LogP contribution in [0, 0.1) is 18.8 Å². The standard InChI is InChI=1S/C60H57B3N5O3.Pt/c1-58(2,3)46-31-32-65-56(37-46)68-52-30-28-45(43-19-12-10-13-20-43)36-50(52)49-29-27-41(35-55(49)68)33-42-34-47(39-64-38-42)66-40-67(54-26-17-16-25-53(54)66)57-48(44-21-14-11-15-22-44)23-18-24-51(57)61-69-62(59(4,5)6)71-63(70-61)60(7,8)9;/h10-32,36-40H,33H2,1-9H3;/q-3;. The van der Waals surface area contributed by atoms with Crippen molar-refractivity contribution in [2.75, 3.05) is 9.80 Å². The predicted octanol–water partition coefficient (Wildman–Crippen LogP) is 14.1. The van der Waals surface area contributed by atoms with E-state index in [0.29, 0.717) is 6.42 Å². The molecule has 72 heavy (non-hydrogen) atoms. The van der Waals surface area contributed by atoms with E-state index >= 15 is 0 Å². The molecule has 9 aromatic rings. The normalized spacial score (nSPS) is 14.3. The third-order valence-electron chi connectivity index (χ3n) is 13.5. The van der Waals surface area contributed by atoms with Crippen LogP contribution in [-0.4, -0.2) is 35.9 Å². The van der Waals surface area contributed by atoms with E-state index in [4.69, 9.17) is 23.7 Å². The van der Waals surface area contributed by atoms with Crippen molar-refractivity contribution in [2.45, 2.75) is 84.8 Å². The Balaban J connectivity index is 0.00000596. The molecule has 11 rings (SSSR count). The summed E-state index contributed by atoms with van der Waals surface area (Å²) in [7, 11) is -1.71. The van der Waals surface area contributed by atoms with Crippen LogP contribution in [-0.2, 0) is 46.6 Å². The van der Waals surface area contributed by atoms with Gasteiger partial charge in [0.2, 0.25) is 0 Å². The summed E-state index contributed by atoms with van der Waals surface area (Å²) in [5.74, 6) is 0.872. The Hall–Kier alpha value is -6.22. The molecule has 12 heteroatoms. The van der Waals surface area contributed by atoms with Crippen molar-refractivity contribution in [1.82, 2.24) is 14.5 Å². The third kappa shape index (κ3) is 9.49. The second-order valence-electron chi connectivity index (χ2n) is 22.0. The first-order valence-corrected chi connectivity index (χ1v) is 24.6. The minimum Gasteiger partial charge on any atom is -0.492 e. The number of nitrogens with zero attached hydrogens (tertiary/aromatic N) is 5. The van der Waals surface area contributed by atoms with Crippen molar-refractivity contribution in [1.29, 1.82) is 0 Å². The van der Waals surface area contributed by atoms with Gasteiger partial charge in [0, 0.05) is 60.9 Å². The average Bonchev–Trinajstić information content (AvgIpc) is 3.91. The number of benzene rings is 6. The Morgan fingerprint density at radius 3 is 1.93 bits per heavy atom. The SMILES string of the molecule is CC(C)(C)B1OB(c2cccc(-c3ccccc3)c2N2[CH-]N(c3[c-]c(Cc4[c-]c5c(cc4)c4cc(-c6ccccc6)ccc4n5-c4cc(C(C)(C)C)ccn4)cnc3)c3ccccc32)OB(C(C)(C)C)O1.[Pt]. The maximum Gasteiger partial charge on any atom is 0.468 e. The van der Waals surface area contributed by atoms with Gasteiger partial charge in [0.15, 0.2) is 0 Å². The van der Waals surface area contributed by atoms with Crippen molar-refractivity contribution >= 4 is 71.4 Å². The van der Waals surface area contributed by atoms with E-state index in [1.807, 2.05) is 18.6 Å². The zero-order valence-electron chi connectivity index (χ0n) is 42.4. The maximum atomic E-state index is 6.82. The van der Waals surface area contributed by atoms with Crippen LogP contribution < -0.4 is 15.3 Å². The summed E-state index contributed by atoms with van der Waals surface area (Å²) in [4.78, 5) is 14.3. The first-order valence-electron chi connectivity index (χ1n) is 24.6. The van der Waals surface area contributed by atoms with Crippen LogP contribution >= 0.6 is 0 Å². The van der Waals surface area contributed by atoms with E-state index in [1.54, 1.807) is 0 Å². The van der Waals surface area contributed by atoms with E-state index in [-0.39, 0.29) is 37.1 Å². The van der Waals surface area contributed by atoms with E-state index in [1.165, 1.54) is 16.7 Å². The second kappa shape index (κ2) is 19.3. The van der Waals surface area contributed by atoms with Crippen LogP contribution in [0.15, 0.2) is 164 Å². The minimum atomic E-state index is -0.710. The Bertz CT molecular complexity index is 3400. The monoisotopic (exact) mass is 1120 g/mol. The van der Waals surface area contributed by atoms with Gasteiger partial charge in [0.05, 0.1) is 0 Å². The zero-order valence-corrected chi connectivity index (χ0v) is 44.7. The van der Waals surface area contributed by atoms with Gasteiger partial charge in [-0.05, 0) is 80.4 Å². The molecule has 0 atom stereocenters. The second-order valence-corrected chi connectivity index (χ2v) is 22.0. The molecule has 362 valence electrons. The van der Waals surface area contributed by atoms with Gasteiger partial charge in [-0.3, -0.25) is 0 Å². The molecule has 8 nitrogen and oxygen atoms in total. The van der Waals surface area contributed by atoms with Crippen LogP contribution in [0.4, 0.5) is 22.7 Å². The number of para-hydroxylation sites is 3. The Labute approximate surface area is 440 Å². The molecule has 1 fully saturated rings. The summed E-state index contributed by atoms with van der Waals surface area (Å²) in [6, 6.07) is 59.1. The van der Waals surface area contributed by atoms with Gasteiger partial charge >= 0.3 is 21.4 Å². The van der Waals surface area contributed by atoms with E-state index in [0.717, 1.165) is 78.1 Å². The predicted molar refractivity (Wildman–Crippen MR) is 294 cm³/mol. The van der Waals surface area contributed by atoms with Gasteiger partial charge in [-0.1, -0.05) is 189 Å². The molecule has 0 spiro atoms. The summed E-state index contributed by atoms with van der Waals surface area (Å²) >= 11 is 0. The summed E-state index contributed by atoms with van der Waals surface area (Å²) in [6.45, 7) is 21.7. The van der Waals surface area contributed by atoms with Crippen LogP contribution in [0.2, 0.25) is 10.6 Å². The van der Waals surface area contributed by atoms with E-state index < -0.39 is 21.4 Å². The molecule has 0 N–H and O–H groups in total. The third-order valence-corrected chi connectivity index (χ3v) is 13.5. The number of aromatic nitrogens is 3. The number of hydrogen-bond acceptors (Lipinski definition) is 7. The molecule has 5 heterocycles. The fourth-order valence-electron chi connectivity index (χ4n) is 9.74. The van der Waals surface area contributed by atoms with Crippen molar-refractivity contribution in [3.63, 3.8) is 0 Å². The van der Waals surface area contributed by atoms with Gasteiger partial charge in [-0.2, -0.15) is 29.8 Å². The van der Waals surface area contributed by atoms with Gasteiger partial charge in [-0.25, -0.2) is 4.98 Å². The first-order chi connectivity index (χ1) is 34.1. The molecule has 1 saturated heterocycles. The molecule has 2 aliphatic heterocycles. The van der Waals surface area contributed by atoms with Crippen LogP contribution in [0.3, 0.4) is 0 Å². The first kappa shape index (κ1) is 49.4. The molecule has 0 unspecified atom stereocenters. The molecule has 0 radical (unpaired) electrons. The van der Waals surface area contributed by atoms with Crippen molar-refractivity contribution in [2.24, 2.45) is 0 Å². The molecule has 0 saturated carbocycles. The topological polar surface area (TPSA) is 64.9 Å². The van der Waals surface area contributed by atoms with Crippen LogP contribution in [0.5, 0.6) is 0 Å². The van der Waals surface area contributed by atoms with Crippen LogP contribution in [0.25, 0.3) is 49.9 Å². The number of rotatable bonds is 8. The largest absolute Gasteiger partial charge is 0.492 e. The van der Waals surface area contributed by atoms with Crippen molar-refractivity contribution < 1.29 is 34.8 Å². The summed E-state index contributed by atoms with van der Waals surface area (Å²) in [5, 5.41) is 1.68. The van der Waals surface area contributed by atoms with Gasteiger partial charge in [-0.15, -0.1) is 17.6 Å². The summed E-state index contributed by atoms with van der Waals surface area (Å²) in [6.07, 6.45) is 6.30. The minimum absolute atomic E-state index is 0. The summed E-state index contributed by atoms with van der Waals surface area (Å²) < 4.78 is 22.4. The molecule has 3 aromatic heterocycles. The molecule has 0 amide bonds. The number of anilines is 4. The smallest absolute Gasteiger partial charge is 0.468 e.